The van der Waals surface area contributed by atoms with Gasteiger partial charge in [-0.25, -0.2) is 4.79 Å². The van der Waals surface area contributed by atoms with E-state index in [1.54, 1.807) is 14.2 Å². The van der Waals surface area contributed by atoms with Crippen LogP contribution in [-0.2, 0) is 15.1 Å². The summed E-state index contributed by atoms with van der Waals surface area (Å²) in [7, 11) is 3.21. The number of aromatic nitrogens is 2. The third-order valence-electron chi connectivity index (χ3n) is 7.80. The monoisotopic (exact) mass is 612 g/mol. The predicted octanol–water partition coefficient (Wildman–Crippen LogP) is 3.33. The maximum absolute atomic E-state index is 12.8. The van der Waals surface area contributed by atoms with Crippen molar-refractivity contribution in [2.75, 3.05) is 27.4 Å². The summed E-state index contributed by atoms with van der Waals surface area (Å²) < 4.78 is 25.1. The Hall–Kier alpha value is -4.66. The molecule has 0 radical (unpaired) electrons. The number of hydrogen-bond acceptors (Lipinski definition) is 8. The van der Waals surface area contributed by atoms with Gasteiger partial charge >= 0.3 is 5.69 Å². The molecule has 10 nitrogen and oxygen atoms in total. The fourth-order valence-electron chi connectivity index (χ4n) is 5.43. The molecular formula is C35H36N2O8. The second-order valence-corrected chi connectivity index (χ2v) is 10.6. The van der Waals surface area contributed by atoms with Crippen molar-refractivity contribution in [3.8, 4) is 23.3 Å². The lowest BCUT2D eigenvalue weighted by atomic mass is 9.80. The van der Waals surface area contributed by atoms with E-state index in [9.17, 15) is 14.7 Å². The highest BCUT2D eigenvalue weighted by Crippen LogP contribution is 2.42. The molecule has 3 aromatic carbocycles. The van der Waals surface area contributed by atoms with Crippen LogP contribution in [0.2, 0.25) is 0 Å². The number of nitrogens with zero attached hydrogens (tertiary/aromatic N) is 1. The van der Waals surface area contributed by atoms with Gasteiger partial charge in [-0.2, -0.15) is 0 Å². The van der Waals surface area contributed by atoms with E-state index in [1.165, 1.54) is 10.8 Å². The van der Waals surface area contributed by atoms with Crippen molar-refractivity contribution in [1.29, 1.82) is 0 Å². The van der Waals surface area contributed by atoms with Gasteiger partial charge in [0.2, 0.25) is 0 Å². The highest BCUT2D eigenvalue weighted by molar-refractivity contribution is 5.49. The van der Waals surface area contributed by atoms with Crippen LogP contribution in [0.4, 0.5) is 0 Å². The number of benzene rings is 3. The van der Waals surface area contributed by atoms with Crippen molar-refractivity contribution in [3.05, 3.63) is 128 Å². The molecule has 0 unspecified atom stereocenters. The van der Waals surface area contributed by atoms with Crippen LogP contribution in [0, 0.1) is 11.8 Å². The first-order valence-corrected chi connectivity index (χ1v) is 14.7. The van der Waals surface area contributed by atoms with Gasteiger partial charge in [0, 0.05) is 25.6 Å². The molecule has 45 heavy (non-hydrogen) atoms. The number of nitrogens with one attached hydrogen (secondary N) is 1. The van der Waals surface area contributed by atoms with Crippen LogP contribution in [0.3, 0.4) is 0 Å². The maximum atomic E-state index is 12.8. The summed E-state index contributed by atoms with van der Waals surface area (Å²) in [6.07, 6.45) is -0.303. The van der Waals surface area contributed by atoms with Crippen LogP contribution in [0.15, 0.2) is 94.6 Å². The van der Waals surface area contributed by atoms with Crippen molar-refractivity contribution in [2.45, 2.75) is 43.3 Å². The summed E-state index contributed by atoms with van der Waals surface area (Å²) in [4.78, 5) is 27.4. The van der Waals surface area contributed by atoms with E-state index in [2.05, 4.69) is 16.8 Å². The zero-order valence-electron chi connectivity index (χ0n) is 25.1. The molecule has 5 rings (SSSR count). The Kier molecular flexibility index (Phi) is 10.2. The minimum atomic E-state index is -1.12. The highest BCUT2D eigenvalue weighted by Gasteiger charge is 2.42. The van der Waals surface area contributed by atoms with E-state index in [1.807, 2.05) is 78.9 Å². The summed E-state index contributed by atoms with van der Waals surface area (Å²) in [5.41, 5.74) is 0.188. The molecule has 3 atom stereocenters. The first kappa shape index (κ1) is 31.8. The van der Waals surface area contributed by atoms with Crippen LogP contribution in [0.25, 0.3) is 0 Å². The first-order chi connectivity index (χ1) is 21.9. The van der Waals surface area contributed by atoms with E-state index < -0.39 is 35.3 Å². The average molecular weight is 613 g/mol. The molecular weight excluding hydrogens is 576 g/mol. The SMILES string of the molecule is COc1ccc(C(OC[C@H]2O[C@@H](n3cc(C#CCCCO)c(=O)[nH]c3=O)C[C@@H]2O)(c2ccccc2)c2ccc(OC)cc2)cc1. The van der Waals surface area contributed by atoms with E-state index in [0.29, 0.717) is 24.3 Å². The molecule has 3 N–H and O–H groups in total. The Morgan fingerprint density at radius 3 is 2.11 bits per heavy atom. The summed E-state index contributed by atoms with van der Waals surface area (Å²) in [5, 5.41) is 20.1. The molecule has 4 aromatic rings. The largest absolute Gasteiger partial charge is 0.497 e. The zero-order chi connectivity index (χ0) is 31.8. The van der Waals surface area contributed by atoms with Crippen LogP contribution >= 0.6 is 0 Å². The Morgan fingerprint density at radius 2 is 1.53 bits per heavy atom. The average Bonchev–Trinajstić information content (AvgIpc) is 3.44. The van der Waals surface area contributed by atoms with Crippen molar-refractivity contribution in [2.24, 2.45) is 0 Å². The smallest absolute Gasteiger partial charge is 0.330 e. The topological polar surface area (TPSA) is 132 Å². The van der Waals surface area contributed by atoms with E-state index in [0.717, 1.165) is 16.7 Å². The van der Waals surface area contributed by atoms with Crippen LogP contribution in [0.5, 0.6) is 11.5 Å². The van der Waals surface area contributed by atoms with Crippen molar-refractivity contribution in [1.82, 2.24) is 9.55 Å². The molecule has 0 saturated carbocycles. The molecule has 0 bridgehead atoms. The number of aliphatic hydroxyl groups is 2. The fraction of sp³-hybridized carbons (Fsp3) is 0.314. The van der Waals surface area contributed by atoms with Gasteiger partial charge in [-0.3, -0.25) is 14.3 Å². The van der Waals surface area contributed by atoms with Gasteiger partial charge in [-0.05, 0) is 47.4 Å². The van der Waals surface area contributed by atoms with Gasteiger partial charge in [0.1, 0.15) is 35.0 Å². The minimum Gasteiger partial charge on any atom is -0.497 e. The lowest BCUT2D eigenvalue weighted by Crippen LogP contribution is -2.38. The fourth-order valence-corrected chi connectivity index (χ4v) is 5.43. The highest BCUT2D eigenvalue weighted by atomic mass is 16.6. The van der Waals surface area contributed by atoms with Gasteiger partial charge in [0.15, 0.2) is 0 Å². The Balaban J connectivity index is 1.49. The normalized spacial score (nSPS) is 17.8. The molecule has 1 saturated heterocycles. The van der Waals surface area contributed by atoms with Crippen molar-refractivity contribution >= 4 is 0 Å². The van der Waals surface area contributed by atoms with Gasteiger partial charge in [-0.15, -0.1) is 0 Å². The van der Waals surface area contributed by atoms with E-state index >= 15 is 0 Å². The van der Waals surface area contributed by atoms with Crippen LogP contribution in [-0.4, -0.2) is 59.4 Å². The molecule has 0 amide bonds. The lowest BCUT2D eigenvalue weighted by Gasteiger charge is -2.37. The number of aliphatic hydroxyl groups excluding tert-OH is 2. The number of hydrogen-bond donors (Lipinski definition) is 3. The van der Waals surface area contributed by atoms with Gasteiger partial charge in [0.25, 0.3) is 5.56 Å². The summed E-state index contributed by atoms with van der Waals surface area (Å²) >= 11 is 0. The van der Waals surface area contributed by atoms with Gasteiger partial charge in [-0.1, -0.05) is 66.4 Å². The van der Waals surface area contributed by atoms with Gasteiger partial charge in [0.05, 0.1) is 26.9 Å². The zero-order valence-corrected chi connectivity index (χ0v) is 25.1. The Bertz CT molecular complexity index is 1690. The third kappa shape index (κ3) is 6.87. The number of aromatic amines is 1. The Morgan fingerprint density at radius 1 is 0.933 bits per heavy atom. The predicted molar refractivity (Wildman–Crippen MR) is 167 cm³/mol. The molecule has 0 aliphatic carbocycles. The third-order valence-corrected chi connectivity index (χ3v) is 7.80. The molecule has 1 aromatic heterocycles. The molecule has 234 valence electrons. The molecule has 10 heteroatoms. The number of methoxy groups -OCH3 is 2. The molecule has 0 spiro atoms. The van der Waals surface area contributed by atoms with E-state index in [4.69, 9.17) is 24.1 Å². The second kappa shape index (κ2) is 14.4. The maximum Gasteiger partial charge on any atom is 0.330 e. The molecule has 1 aliphatic rings. The minimum absolute atomic E-state index is 0.00964. The van der Waals surface area contributed by atoms with E-state index in [-0.39, 0.29) is 25.2 Å². The standard InChI is InChI=1S/C35H36N2O8/c1-42-28-16-12-26(13-17-28)35(25-10-6-3-7-11-25,27-14-18-29(43-2)19-15-27)44-23-31-30(39)21-32(45-31)37-22-24(9-5-4-8-20-38)33(40)36-34(37)41/h3,6-7,10-19,22,30-32,38-39H,4,8,20-21,23H2,1-2H3,(H,36,40,41)/t30-,31+,32+/m0/s1. The second-order valence-electron chi connectivity index (χ2n) is 10.6. The summed E-state index contributed by atoms with van der Waals surface area (Å²) in [6, 6.07) is 25.0. The summed E-state index contributed by atoms with van der Waals surface area (Å²) in [5.74, 6) is 6.96. The number of ether oxygens (including phenoxy) is 4. The molecule has 1 aliphatic heterocycles. The Labute approximate surface area is 260 Å². The van der Waals surface area contributed by atoms with Crippen molar-refractivity contribution < 1.29 is 29.2 Å². The van der Waals surface area contributed by atoms with Crippen molar-refractivity contribution in [3.63, 3.8) is 0 Å². The number of rotatable bonds is 11. The first-order valence-electron chi connectivity index (χ1n) is 14.7. The number of unbranched alkanes of at least 4 members (excludes halogenated alkanes) is 1. The number of H-pyrrole nitrogens is 1. The molecule has 2 heterocycles. The van der Waals surface area contributed by atoms with Crippen LogP contribution < -0.4 is 20.7 Å². The lowest BCUT2D eigenvalue weighted by molar-refractivity contribution is -0.0944. The van der Waals surface area contributed by atoms with Crippen LogP contribution in [0.1, 0.15) is 47.7 Å². The van der Waals surface area contributed by atoms with Gasteiger partial charge < -0.3 is 29.2 Å². The summed E-state index contributed by atoms with van der Waals surface area (Å²) in [6.45, 7) is -0.0408. The molecule has 1 fully saturated rings. The quantitative estimate of drug-likeness (QED) is 0.134.